The molecule has 3 aromatic heterocycles. The summed E-state index contributed by atoms with van der Waals surface area (Å²) >= 11 is 0. The highest BCUT2D eigenvalue weighted by atomic mass is 16.3. The number of nitrogens with one attached hydrogen (secondary N) is 1. The standard InChI is InChI=1S/C26H23N7O2/c1-16-9-11-22(35-16)24-19-14-29-33(25(19)32-26(28)31-24)15-18-6-4-5-17(13-18)10-12-23(34)30-21-8-3-2-7-20(21)27/h2-14H,15,27H2,1H3,(H,30,34)(H2,28,31,32)/b12-10+. The van der Waals surface area contributed by atoms with Crippen LogP contribution in [0.4, 0.5) is 17.3 Å². The van der Waals surface area contributed by atoms with Crippen molar-refractivity contribution in [2.75, 3.05) is 16.8 Å². The topological polar surface area (TPSA) is 138 Å². The summed E-state index contributed by atoms with van der Waals surface area (Å²) in [7, 11) is 0. The molecule has 35 heavy (non-hydrogen) atoms. The smallest absolute Gasteiger partial charge is 0.248 e. The number of benzene rings is 2. The van der Waals surface area contributed by atoms with Gasteiger partial charge in [-0.05, 0) is 54.5 Å². The van der Waals surface area contributed by atoms with Gasteiger partial charge in [-0.3, -0.25) is 4.79 Å². The Labute approximate surface area is 201 Å². The summed E-state index contributed by atoms with van der Waals surface area (Å²) in [4.78, 5) is 21.1. The molecule has 3 heterocycles. The van der Waals surface area contributed by atoms with Crippen molar-refractivity contribution in [3.05, 3.63) is 89.8 Å². The first-order valence-corrected chi connectivity index (χ1v) is 10.9. The number of para-hydroxylation sites is 2. The lowest BCUT2D eigenvalue weighted by Crippen LogP contribution is -2.09. The van der Waals surface area contributed by atoms with Crippen LogP contribution in [0.3, 0.4) is 0 Å². The molecule has 9 nitrogen and oxygen atoms in total. The van der Waals surface area contributed by atoms with Crippen molar-refractivity contribution in [3.63, 3.8) is 0 Å². The van der Waals surface area contributed by atoms with E-state index in [1.807, 2.05) is 55.5 Å². The third kappa shape index (κ3) is 4.74. The summed E-state index contributed by atoms with van der Waals surface area (Å²) in [5.74, 6) is 1.27. The van der Waals surface area contributed by atoms with Gasteiger partial charge in [0, 0.05) is 6.08 Å². The van der Waals surface area contributed by atoms with Crippen LogP contribution < -0.4 is 16.8 Å². The molecular formula is C26H23N7O2. The normalized spacial score (nSPS) is 11.3. The molecule has 0 saturated carbocycles. The summed E-state index contributed by atoms with van der Waals surface area (Å²) in [5, 5.41) is 8.04. The van der Waals surface area contributed by atoms with Gasteiger partial charge in [-0.1, -0.05) is 30.3 Å². The van der Waals surface area contributed by atoms with Crippen LogP contribution in [0, 0.1) is 6.92 Å². The fourth-order valence-electron chi connectivity index (χ4n) is 3.76. The van der Waals surface area contributed by atoms with Gasteiger partial charge in [0.2, 0.25) is 11.9 Å². The summed E-state index contributed by atoms with van der Waals surface area (Å²) < 4.78 is 7.50. The van der Waals surface area contributed by atoms with Gasteiger partial charge in [-0.15, -0.1) is 0 Å². The zero-order chi connectivity index (χ0) is 24.4. The van der Waals surface area contributed by atoms with E-state index < -0.39 is 0 Å². The number of carbonyl (C=O) groups is 1. The zero-order valence-corrected chi connectivity index (χ0v) is 19.0. The van der Waals surface area contributed by atoms with Crippen LogP contribution in [0.5, 0.6) is 0 Å². The Morgan fingerprint density at radius 1 is 1.09 bits per heavy atom. The fourth-order valence-corrected chi connectivity index (χ4v) is 3.76. The SMILES string of the molecule is Cc1ccc(-c2nc(N)nc3c2cnn3Cc2cccc(/C=C/C(=O)Nc3ccccc3N)c2)o1. The molecule has 0 aliphatic rings. The number of aromatic nitrogens is 4. The van der Waals surface area contributed by atoms with Crippen molar-refractivity contribution in [2.45, 2.75) is 13.5 Å². The molecule has 0 aliphatic carbocycles. The predicted molar refractivity (Wildman–Crippen MR) is 136 cm³/mol. The summed E-state index contributed by atoms with van der Waals surface area (Å²) in [6.45, 7) is 2.34. The Morgan fingerprint density at radius 3 is 2.74 bits per heavy atom. The first-order chi connectivity index (χ1) is 17.0. The van der Waals surface area contributed by atoms with E-state index in [0.29, 0.717) is 35.0 Å². The number of aryl methyl sites for hydroxylation is 1. The van der Waals surface area contributed by atoms with Crippen LogP contribution in [0.1, 0.15) is 16.9 Å². The molecule has 0 aliphatic heterocycles. The zero-order valence-electron chi connectivity index (χ0n) is 19.0. The van der Waals surface area contributed by atoms with E-state index in [0.717, 1.165) is 22.3 Å². The van der Waals surface area contributed by atoms with Crippen molar-refractivity contribution < 1.29 is 9.21 Å². The van der Waals surface area contributed by atoms with Gasteiger partial charge < -0.3 is 21.2 Å². The predicted octanol–water partition coefficient (Wildman–Crippen LogP) is 4.26. The van der Waals surface area contributed by atoms with Crippen LogP contribution >= 0.6 is 0 Å². The molecular weight excluding hydrogens is 442 g/mol. The molecule has 174 valence electrons. The summed E-state index contributed by atoms with van der Waals surface area (Å²) in [6, 6.07) is 18.7. The second kappa shape index (κ2) is 9.14. The largest absolute Gasteiger partial charge is 0.460 e. The maximum atomic E-state index is 12.3. The molecule has 0 unspecified atom stereocenters. The average molecular weight is 466 g/mol. The molecule has 0 atom stereocenters. The number of fused-ring (bicyclic) bond motifs is 1. The highest BCUT2D eigenvalue weighted by molar-refractivity contribution is 6.03. The van der Waals surface area contributed by atoms with Crippen molar-refractivity contribution in [1.82, 2.24) is 19.7 Å². The minimum atomic E-state index is -0.265. The molecule has 0 saturated heterocycles. The Hall–Kier alpha value is -4.92. The van der Waals surface area contributed by atoms with Crippen LogP contribution in [0.2, 0.25) is 0 Å². The van der Waals surface area contributed by atoms with Crippen molar-refractivity contribution >= 4 is 40.3 Å². The number of amides is 1. The molecule has 5 rings (SSSR count). The average Bonchev–Trinajstić information content (AvgIpc) is 3.45. The number of nitrogens with two attached hydrogens (primary N) is 2. The fraction of sp³-hybridized carbons (Fsp3) is 0.0769. The lowest BCUT2D eigenvalue weighted by Gasteiger charge is -2.07. The Balaban J connectivity index is 1.36. The third-order valence-electron chi connectivity index (χ3n) is 5.42. The van der Waals surface area contributed by atoms with Gasteiger partial charge >= 0.3 is 0 Å². The monoisotopic (exact) mass is 465 g/mol. The van der Waals surface area contributed by atoms with Gasteiger partial charge in [0.05, 0.1) is 29.5 Å². The number of hydrogen-bond acceptors (Lipinski definition) is 7. The third-order valence-corrected chi connectivity index (χ3v) is 5.42. The van der Waals surface area contributed by atoms with E-state index in [4.69, 9.17) is 15.9 Å². The van der Waals surface area contributed by atoms with Crippen molar-refractivity contribution in [2.24, 2.45) is 0 Å². The minimum Gasteiger partial charge on any atom is -0.460 e. The van der Waals surface area contributed by atoms with Crippen molar-refractivity contribution in [1.29, 1.82) is 0 Å². The number of nitrogen functional groups attached to an aromatic ring is 2. The van der Waals surface area contributed by atoms with Crippen LogP contribution in [-0.4, -0.2) is 25.7 Å². The molecule has 5 N–H and O–H groups in total. The van der Waals surface area contributed by atoms with E-state index in [9.17, 15) is 4.79 Å². The molecule has 5 aromatic rings. The molecule has 0 bridgehead atoms. The second-order valence-corrected chi connectivity index (χ2v) is 8.04. The van der Waals surface area contributed by atoms with E-state index in [1.165, 1.54) is 6.08 Å². The highest BCUT2D eigenvalue weighted by Gasteiger charge is 2.16. The summed E-state index contributed by atoms with van der Waals surface area (Å²) in [6.07, 6.45) is 4.93. The molecule has 0 spiro atoms. The van der Waals surface area contributed by atoms with Crippen LogP contribution in [0.25, 0.3) is 28.6 Å². The number of furan rings is 1. The lowest BCUT2D eigenvalue weighted by molar-refractivity contribution is -0.111. The molecule has 2 aromatic carbocycles. The maximum absolute atomic E-state index is 12.3. The Morgan fingerprint density at radius 2 is 1.94 bits per heavy atom. The van der Waals surface area contributed by atoms with E-state index in [2.05, 4.69) is 20.4 Å². The van der Waals surface area contributed by atoms with E-state index in [-0.39, 0.29) is 11.9 Å². The molecule has 9 heteroatoms. The first kappa shape index (κ1) is 21.9. The van der Waals surface area contributed by atoms with Crippen LogP contribution in [0.15, 0.2) is 77.4 Å². The van der Waals surface area contributed by atoms with Gasteiger partial charge in [0.1, 0.15) is 11.5 Å². The second-order valence-electron chi connectivity index (χ2n) is 8.04. The minimum absolute atomic E-state index is 0.144. The molecule has 1 amide bonds. The maximum Gasteiger partial charge on any atom is 0.248 e. The Bertz CT molecular complexity index is 1570. The van der Waals surface area contributed by atoms with Gasteiger partial charge in [-0.2, -0.15) is 10.1 Å². The quantitative estimate of drug-likeness (QED) is 0.252. The molecule has 0 radical (unpaired) electrons. The van der Waals surface area contributed by atoms with Crippen LogP contribution in [-0.2, 0) is 11.3 Å². The lowest BCUT2D eigenvalue weighted by atomic mass is 10.1. The van der Waals surface area contributed by atoms with E-state index >= 15 is 0 Å². The first-order valence-electron chi connectivity index (χ1n) is 10.9. The summed E-state index contributed by atoms with van der Waals surface area (Å²) in [5.41, 5.74) is 16.0. The Kier molecular flexibility index (Phi) is 5.72. The van der Waals surface area contributed by atoms with E-state index in [1.54, 1.807) is 29.1 Å². The van der Waals surface area contributed by atoms with Gasteiger partial charge in [0.15, 0.2) is 11.4 Å². The van der Waals surface area contributed by atoms with Gasteiger partial charge in [-0.25, -0.2) is 9.67 Å². The molecule has 0 fully saturated rings. The number of nitrogens with zero attached hydrogens (tertiary/aromatic N) is 4. The number of anilines is 3. The number of hydrogen-bond donors (Lipinski definition) is 3. The number of carbonyl (C=O) groups excluding carboxylic acids is 1. The van der Waals surface area contributed by atoms with Gasteiger partial charge in [0.25, 0.3) is 0 Å². The van der Waals surface area contributed by atoms with Crippen molar-refractivity contribution in [3.8, 4) is 11.5 Å². The number of rotatable bonds is 6. The highest BCUT2D eigenvalue weighted by Crippen LogP contribution is 2.28.